The molecule has 0 bridgehead atoms. The van der Waals surface area contributed by atoms with Gasteiger partial charge in [-0.15, -0.1) is 0 Å². The molecule has 27 heavy (non-hydrogen) atoms. The molecule has 0 fully saturated rings. The number of carbonyl (C=O) groups is 1. The largest absolute Gasteiger partial charge is 0.443 e. The number of aromatic amines is 1. The molecule has 0 aromatic carbocycles. The van der Waals surface area contributed by atoms with Gasteiger partial charge in [0.2, 0.25) is 15.9 Å². The van der Waals surface area contributed by atoms with E-state index in [1.54, 1.807) is 19.2 Å². The molecule has 1 amide bonds. The van der Waals surface area contributed by atoms with Gasteiger partial charge in [0, 0.05) is 24.8 Å². The number of nitrogens with zero attached hydrogens (tertiary/aromatic N) is 2. The standard InChI is InChI=1S/C15H18N6O5S/c1-3-6-27(23,24)21-26-20-12-9-4-5-17-13(9)18-7-10(12)15-19-11(8-25-15)14(22)16-2/h4-5,7-8,21H,3,6H2,1-2H3,(H,16,22)(H2,17,18,20). The van der Waals surface area contributed by atoms with Gasteiger partial charge in [0.05, 0.1) is 17.0 Å². The molecule has 12 heteroatoms. The molecule has 0 radical (unpaired) electrons. The van der Waals surface area contributed by atoms with Crippen LogP contribution in [0.1, 0.15) is 23.8 Å². The van der Waals surface area contributed by atoms with Gasteiger partial charge in [0.15, 0.2) is 5.69 Å². The van der Waals surface area contributed by atoms with Gasteiger partial charge in [0.1, 0.15) is 11.9 Å². The molecule has 0 aliphatic carbocycles. The number of H-pyrrole nitrogens is 1. The third kappa shape index (κ3) is 4.07. The lowest BCUT2D eigenvalue weighted by Crippen LogP contribution is -2.29. The minimum absolute atomic E-state index is 0.0767. The van der Waals surface area contributed by atoms with E-state index in [1.807, 2.05) is 4.89 Å². The second-order valence-corrected chi connectivity index (χ2v) is 7.31. The monoisotopic (exact) mass is 394 g/mol. The average molecular weight is 394 g/mol. The Morgan fingerprint density at radius 2 is 2.22 bits per heavy atom. The smallest absolute Gasteiger partial charge is 0.272 e. The van der Waals surface area contributed by atoms with Crippen LogP contribution in [0.5, 0.6) is 0 Å². The van der Waals surface area contributed by atoms with Crippen molar-refractivity contribution in [3.05, 3.63) is 30.4 Å². The predicted molar refractivity (Wildman–Crippen MR) is 96.9 cm³/mol. The fourth-order valence-corrected chi connectivity index (χ4v) is 3.14. The van der Waals surface area contributed by atoms with E-state index in [1.165, 1.54) is 19.5 Å². The number of hydrogen-bond donors (Lipinski definition) is 4. The number of sulfonamides is 1. The van der Waals surface area contributed by atoms with Gasteiger partial charge in [-0.2, -0.15) is 4.94 Å². The van der Waals surface area contributed by atoms with Crippen LogP contribution in [0.25, 0.3) is 22.5 Å². The molecule has 0 saturated carbocycles. The summed E-state index contributed by atoms with van der Waals surface area (Å²) in [4.78, 5) is 30.0. The molecule has 0 spiro atoms. The number of anilines is 1. The second-order valence-electron chi connectivity index (χ2n) is 5.51. The number of oxazole rings is 1. The zero-order chi connectivity index (χ0) is 19.4. The van der Waals surface area contributed by atoms with E-state index in [-0.39, 0.29) is 17.3 Å². The predicted octanol–water partition coefficient (Wildman–Crippen LogP) is 1.17. The highest BCUT2D eigenvalue weighted by Crippen LogP contribution is 2.32. The first-order valence-electron chi connectivity index (χ1n) is 8.00. The van der Waals surface area contributed by atoms with E-state index in [2.05, 4.69) is 25.7 Å². The van der Waals surface area contributed by atoms with Crippen molar-refractivity contribution in [2.75, 3.05) is 18.3 Å². The summed E-state index contributed by atoms with van der Waals surface area (Å²) in [5, 5.41) is 3.06. The van der Waals surface area contributed by atoms with Crippen molar-refractivity contribution < 1.29 is 22.6 Å². The van der Waals surface area contributed by atoms with E-state index in [0.717, 1.165) is 0 Å². The Kier molecular flexibility index (Phi) is 5.39. The van der Waals surface area contributed by atoms with Crippen LogP contribution >= 0.6 is 0 Å². The van der Waals surface area contributed by atoms with Crippen molar-refractivity contribution in [3.8, 4) is 11.5 Å². The van der Waals surface area contributed by atoms with Gasteiger partial charge in [-0.05, 0) is 12.5 Å². The van der Waals surface area contributed by atoms with Crippen LogP contribution in [-0.4, -0.2) is 42.1 Å². The quantitative estimate of drug-likeness (QED) is 0.416. The summed E-state index contributed by atoms with van der Waals surface area (Å²) < 4.78 is 28.8. The van der Waals surface area contributed by atoms with Crippen molar-refractivity contribution >= 4 is 32.7 Å². The molecule has 0 saturated heterocycles. The van der Waals surface area contributed by atoms with E-state index >= 15 is 0 Å². The molecule has 0 aliphatic heterocycles. The average Bonchev–Trinajstić information content (AvgIpc) is 3.30. The number of hydrogen-bond acceptors (Lipinski definition) is 8. The van der Waals surface area contributed by atoms with Gasteiger partial charge >= 0.3 is 0 Å². The molecule has 144 valence electrons. The van der Waals surface area contributed by atoms with Crippen LogP contribution in [0.4, 0.5) is 5.69 Å². The molecule has 3 rings (SSSR count). The van der Waals surface area contributed by atoms with E-state index in [9.17, 15) is 13.2 Å². The van der Waals surface area contributed by atoms with Crippen molar-refractivity contribution in [1.29, 1.82) is 0 Å². The second kappa shape index (κ2) is 7.73. The van der Waals surface area contributed by atoms with Gasteiger partial charge in [-0.25, -0.2) is 23.9 Å². The maximum absolute atomic E-state index is 11.7. The van der Waals surface area contributed by atoms with Crippen LogP contribution < -0.4 is 15.7 Å². The molecular formula is C15H18N6O5S. The Morgan fingerprint density at radius 1 is 1.41 bits per heavy atom. The van der Waals surface area contributed by atoms with Crippen LogP contribution in [0.3, 0.4) is 0 Å². The van der Waals surface area contributed by atoms with Crippen LogP contribution in [0.2, 0.25) is 0 Å². The van der Waals surface area contributed by atoms with Gasteiger partial charge in [-0.3, -0.25) is 4.79 Å². The minimum atomic E-state index is -3.58. The molecule has 3 heterocycles. The highest BCUT2D eigenvalue weighted by atomic mass is 32.2. The van der Waals surface area contributed by atoms with Crippen molar-refractivity contribution in [3.63, 3.8) is 0 Å². The van der Waals surface area contributed by atoms with Gasteiger partial charge < -0.3 is 14.7 Å². The lowest BCUT2D eigenvalue weighted by molar-refractivity contribution is 0.0958. The van der Waals surface area contributed by atoms with Gasteiger partial charge in [-0.1, -0.05) is 11.8 Å². The molecule has 0 atom stereocenters. The number of pyridine rings is 1. The van der Waals surface area contributed by atoms with Crippen molar-refractivity contribution in [2.45, 2.75) is 13.3 Å². The van der Waals surface area contributed by atoms with Crippen LogP contribution in [-0.2, 0) is 15.0 Å². The lowest BCUT2D eigenvalue weighted by Gasteiger charge is -2.11. The first-order valence-corrected chi connectivity index (χ1v) is 9.65. The molecule has 0 unspecified atom stereocenters. The minimum Gasteiger partial charge on any atom is -0.443 e. The highest BCUT2D eigenvalue weighted by Gasteiger charge is 2.19. The zero-order valence-electron chi connectivity index (χ0n) is 14.6. The highest BCUT2D eigenvalue weighted by molar-refractivity contribution is 7.89. The molecule has 4 N–H and O–H groups in total. The summed E-state index contributed by atoms with van der Waals surface area (Å²) in [6.07, 6.45) is 4.79. The third-order valence-electron chi connectivity index (χ3n) is 3.58. The topological polar surface area (TPSA) is 151 Å². The summed E-state index contributed by atoms with van der Waals surface area (Å²) in [7, 11) is -2.10. The van der Waals surface area contributed by atoms with Crippen LogP contribution in [0, 0.1) is 0 Å². The summed E-state index contributed by atoms with van der Waals surface area (Å²) >= 11 is 0. The number of carbonyl (C=O) groups excluding carboxylic acids is 1. The molecule has 0 aliphatic rings. The van der Waals surface area contributed by atoms with Crippen molar-refractivity contribution in [1.82, 2.24) is 25.2 Å². The van der Waals surface area contributed by atoms with Gasteiger partial charge in [0.25, 0.3) is 5.91 Å². The Labute approximate surface area is 154 Å². The third-order valence-corrected chi connectivity index (χ3v) is 4.86. The first kappa shape index (κ1) is 18.8. The molecular weight excluding hydrogens is 376 g/mol. The normalized spacial score (nSPS) is 11.6. The fraction of sp³-hybridized carbons (Fsp3) is 0.267. The summed E-state index contributed by atoms with van der Waals surface area (Å²) in [6, 6.07) is 1.72. The molecule has 3 aromatic heterocycles. The Bertz CT molecular complexity index is 1060. The molecule has 11 nitrogen and oxygen atoms in total. The number of rotatable bonds is 8. The number of amides is 1. The summed E-state index contributed by atoms with van der Waals surface area (Å²) in [5.74, 6) is -0.363. The lowest BCUT2D eigenvalue weighted by atomic mass is 10.2. The maximum Gasteiger partial charge on any atom is 0.272 e. The maximum atomic E-state index is 11.7. The van der Waals surface area contributed by atoms with Crippen molar-refractivity contribution in [2.24, 2.45) is 0 Å². The van der Waals surface area contributed by atoms with Crippen LogP contribution in [0.15, 0.2) is 29.1 Å². The van der Waals surface area contributed by atoms with E-state index in [4.69, 9.17) is 9.36 Å². The number of fused-ring (bicyclic) bond motifs is 1. The number of aromatic nitrogens is 3. The SMILES string of the molecule is CCCS(=O)(=O)NONc1c(-c2nc(C(=O)NC)co2)cnc2[nH]ccc12. The number of nitrogens with one attached hydrogen (secondary N) is 4. The fourth-order valence-electron chi connectivity index (χ4n) is 2.36. The Balaban J connectivity index is 1.93. The summed E-state index contributed by atoms with van der Waals surface area (Å²) in [6.45, 7) is 1.74. The summed E-state index contributed by atoms with van der Waals surface area (Å²) in [5.41, 5.74) is 3.94. The first-order chi connectivity index (χ1) is 12.9. The van der Waals surface area contributed by atoms with E-state index in [0.29, 0.717) is 28.7 Å². The Hall–Kier alpha value is -2.96. The Morgan fingerprint density at radius 3 is 2.96 bits per heavy atom. The molecule has 3 aromatic rings. The van der Waals surface area contributed by atoms with E-state index < -0.39 is 15.9 Å². The zero-order valence-corrected chi connectivity index (χ0v) is 15.4.